The van der Waals surface area contributed by atoms with Crippen molar-refractivity contribution in [2.75, 3.05) is 13.7 Å². The van der Waals surface area contributed by atoms with Crippen LogP contribution in [0.1, 0.15) is 11.1 Å². The zero-order chi connectivity index (χ0) is 21.0. The lowest BCUT2D eigenvalue weighted by Crippen LogP contribution is -2.30. The molecule has 29 heavy (non-hydrogen) atoms. The molecule has 2 aromatic carbocycles. The Labute approximate surface area is 172 Å². The third kappa shape index (κ3) is 4.57. The summed E-state index contributed by atoms with van der Waals surface area (Å²) in [6.45, 7) is 3.81. The van der Waals surface area contributed by atoms with Crippen molar-refractivity contribution in [1.29, 1.82) is 0 Å². The third-order valence-electron chi connectivity index (χ3n) is 4.13. The van der Waals surface area contributed by atoms with Crippen molar-refractivity contribution in [1.82, 2.24) is 10.2 Å². The number of hydrogen-bond donors (Lipinski definition) is 1. The summed E-state index contributed by atoms with van der Waals surface area (Å²) in [5.41, 5.74) is 1.43. The van der Waals surface area contributed by atoms with E-state index in [9.17, 15) is 14.0 Å². The second kappa shape index (κ2) is 8.79. The van der Waals surface area contributed by atoms with E-state index in [4.69, 9.17) is 21.1 Å². The highest BCUT2D eigenvalue weighted by molar-refractivity contribution is 6.32. The van der Waals surface area contributed by atoms with Gasteiger partial charge in [0, 0.05) is 6.54 Å². The number of benzene rings is 2. The smallest absolute Gasteiger partial charge is 0.329 e. The first-order valence-corrected chi connectivity index (χ1v) is 9.01. The number of halogens is 2. The molecule has 0 aromatic heterocycles. The Morgan fingerprint density at radius 2 is 1.97 bits per heavy atom. The number of ether oxygens (including phenoxy) is 2. The van der Waals surface area contributed by atoms with Gasteiger partial charge in [0.15, 0.2) is 11.5 Å². The van der Waals surface area contributed by atoms with E-state index in [0.29, 0.717) is 17.1 Å². The number of urea groups is 1. The Bertz CT molecular complexity index is 989. The Kier molecular flexibility index (Phi) is 6.19. The van der Waals surface area contributed by atoms with Crippen molar-refractivity contribution in [3.63, 3.8) is 0 Å². The SMILES string of the molecule is C=CCN1C(=O)N/C(=C/c2cc(Cl)c(OCc3ccc(F)cc3)c(OC)c2)C1=O. The molecule has 6 nitrogen and oxygen atoms in total. The lowest BCUT2D eigenvalue weighted by Gasteiger charge is -2.13. The van der Waals surface area contributed by atoms with E-state index in [1.54, 1.807) is 24.3 Å². The molecule has 0 atom stereocenters. The minimum absolute atomic E-state index is 0.113. The van der Waals surface area contributed by atoms with E-state index in [0.717, 1.165) is 10.5 Å². The number of imide groups is 1. The molecular weight excluding hydrogens is 399 g/mol. The van der Waals surface area contributed by atoms with Gasteiger partial charge in [0.1, 0.15) is 18.1 Å². The van der Waals surface area contributed by atoms with Gasteiger partial charge in [-0.1, -0.05) is 29.8 Å². The molecule has 3 amide bonds. The second-order valence-electron chi connectivity index (χ2n) is 6.14. The number of nitrogens with zero attached hydrogens (tertiary/aromatic N) is 1. The lowest BCUT2D eigenvalue weighted by atomic mass is 10.1. The standard InChI is InChI=1S/C21H18ClFN2O4/c1-3-8-25-20(26)17(24-21(25)27)10-14-9-16(22)19(18(11-14)28-2)29-12-13-4-6-15(23)7-5-13/h3-7,9-11H,1,8,12H2,2H3,(H,24,27)/b17-10+. The van der Waals surface area contributed by atoms with Gasteiger partial charge >= 0.3 is 6.03 Å². The number of nitrogens with one attached hydrogen (secondary N) is 1. The van der Waals surface area contributed by atoms with Gasteiger partial charge in [0.2, 0.25) is 0 Å². The van der Waals surface area contributed by atoms with Gasteiger partial charge in [0.05, 0.1) is 12.1 Å². The number of methoxy groups -OCH3 is 1. The van der Waals surface area contributed by atoms with Crippen molar-refractivity contribution >= 4 is 29.6 Å². The van der Waals surface area contributed by atoms with Crippen molar-refractivity contribution in [3.05, 3.63) is 76.7 Å². The minimum atomic E-state index is -0.515. The second-order valence-corrected chi connectivity index (χ2v) is 6.55. The van der Waals surface area contributed by atoms with Crippen LogP contribution in [0.2, 0.25) is 5.02 Å². The largest absolute Gasteiger partial charge is 0.493 e. The molecule has 1 saturated heterocycles. The summed E-state index contributed by atoms with van der Waals surface area (Å²) >= 11 is 6.34. The highest BCUT2D eigenvalue weighted by Gasteiger charge is 2.32. The first kappa shape index (κ1) is 20.4. The predicted molar refractivity (Wildman–Crippen MR) is 107 cm³/mol. The number of amides is 3. The minimum Gasteiger partial charge on any atom is -0.493 e. The first-order valence-electron chi connectivity index (χ1n) is 8.63. The Morgan fingerprint density at radius 3 is 2.62 bits per heavy atom. The monoisotopic (exact) mass is 416 g/mol. The maximum Gasteiger partial charge on any atom is 0.329 e. The van der Waals surface area contributed by atoms with Crippen LogP contribution in [-0.4, -0.2) is 30.5 Å². The normalized spacial score (nSPS) is 14.9. The highest BCUT2D eigenvalue weighted by Crippen LogP contribution is 2.37. The van der Waals surface area contributed by atoms with Crippen molar-refractivity contribution < 1.29 is 23.5 Å². The molecule has 1 fully saturated rings. The summed E-state index contributed by atoms with van der Waals surface area (Å²) in [5, 5.41) is 2.78. The Hall–Kier alpha value is -3.32. The molecule has 8 heteroatoms. The molecule has 150 valence electrons. The van der Waals surface area contributed by atoms with E-state index in [1.165, 1.54) is 31.4 Å². The molecule has 1 aliphatic rings. The van der Waals surface area contributed by atoms with Crippen molar-refractivity contribution in [2.24, 2.45) is 0 Å². The molecule has 0 aliphatic carbocycles. The molecule has 1 heterocycles. The van der Waals surface area contributed by atoms with Crippen LogP contribution in [0.5, 0.6) is 11.5 Å². The van der Waals surface area contributed by atoms with Gasteiger partial charge in [0.25, 0.3) is 5.91 Å². The number of carbonyl (C=O) groups excluding carboxylic acids is 2. The van der Waals surface area contributed by atoms with Gasteiger partial charge in [-0.25, -0.2) is 9.18 Å². The van der Waals surface area contributed by atoms with Crippen molar-refractivity contribution in [3.8, 4) is 11.5 Å². The molecule has 1 aliphatic heterocycles. The van der Waals surface area contributed by atoms with Crippen LogP contribution in [0.25, 0.3) is 6.08 Å². The maximum atomic E-state index is 13.0. The van der Waals surface area contributed by atoms with E-state index < -0.39 is 11.9 Å². The van der Waals surface area contributed by atoms with Crippen LogP contribution in [0.3, 0.4) is 0 Å². The molecule has 1 N–H and O–H groups in total. The van der Waals surface area contributed by atoms with E-state index in [1.807, 2.05) is 0 Å². The highest BCUT2D eigenvalue weighted by atomic mass is 35.5. The number of hydrogen-bond acceptors (Lipinski definition) is 4. The molecule has 2 aromatic rings. The van der Waals surface area contributed by atoms with Gasteiger partial charge in [-0.15, -0.1) is 6.58 Å². The van der Waals surface area contributed by atoms with Gasteiger partial charge in [-0.2, -0.15) is 0 Å². The fourth-order valence-corrected chi connectivity index (χ4v) is 3.01. The lowest BCUT2D eigenvalue weighted by molar-refractivity contribution is -0.122. The third-order valence-corrected chi connectivity index (χ3v) is 4.41. The van der Waals surface area contributed by atoms with Gasteiger partial charge < -0.3 is 14.8 Å². The average Bonchev–Trinajstić information content (AvgIpc) is 2.96. The first-order chi connectivity index (χ1) is 13.9. The van der Waals surface area contributed by atoms with E-state index in [2.05, 4.69) is 11.9 Å². The maximum absolute atomic E-state index is 13.0. The molecule has 0 radical (unpaired) electrons. The van der Waals surface area contributed by atoms with Crippen LogP contribution in [0.4, 0.5) is 9.18 Å². The quantitative estimate of drug-likeness (QED) is 0.418. The predicted octanol–water partition coefficient (Wildman–Crippen LogP) is 4.15. The number of carbonyl (C=O) groups is 2. The van der Waals surface area contributed by atoms with Gasteiger partial charge in [-0.05, 0) is 41.5 Å². The molecular formula is C21H18ClFN2O4. The molecule has 0 unspecified atom stereocenters. The summed E-state index contributed by atoms with van der Waals surface area (Å²) in [4.78, 5) is 25.2. The zero-order valence-electron chi connectivity index (χ0n) is 15.6. The zero-order valence-corrected chi connectivity index (χ0v) is 16.3. The van der Waals surface area contributed by atoms with Crippen LogP contribution < -0.4 is 14.8 Å². The van der Waals surface area contributed by atoms with Gasteiger partial charge in [-0.3, -0.25) is 9.69 Å². The van der Waals surface area contributed by atoms with Crippen LogP contribution >= 0.6 is 11.6 Å². The van der Waals surface area contributed by atoms with Crippen LogP contribution in [0, 0.1) is 5.82 Å². The van der Waals surface area contributed by atoms with Crippen LogP contribution in [0.15, 0.2) is 54.8 Å². The summed E-state index contributed by atoms with van der Waals surface area (Å²) in [5.74, 6) is -0.120. The molecule has 0 bridgehead atoms. The average molecular weight is 417 g/mol. The fraction of sp³-hybridized carbons (Fsp3) is 0.143. The van der Waals surface area contributed by atoms with Crippen molar-refractivity contribution in [2.45, 2.75) is 6.61 Å². The topological polar surface area (TPSA) is 67.9 Å². The molecule has 0 spiro atoms. The Balaban J connectivity index is 1.83. The number of rotatable bonds is 7. The Morgan fingerprint density at radius 1 is 1.24 bits per heavy atom. The summed E-state index contributed by atoms with van der Waals surface area (Å²) < 4.78 is 24.1. The van der Waals surface area contributed by atoms with Crippen LogP contribution in [-0.2, 0) is 11.4 Å². The fourth-order valence-electron chi connectivity index (χ4n) is 2.73. The summed E-state index contributed by atoms with van der Waals surface area (Å²) in [6, 6.07) is 8.61. The molecule has 0 saturated carbocycles. The molecule has 3 rings (SSSR count). The summed E-state index contributed by atoms with van der Waals surface area (Å²) in [6.07, 6.45) is 2.97. The summed E-state index contributed by atoms with van der Waals surface area (Å²) in [7, 11) is 1.46. The van der Waals surface area contributed by atoms with E-state index >= 15 is 0 Å². The van der Waals surface area contributed by atoms with E-state index in [-0.39, 0.29) is 29.7 Å².